The van der Waals surface area contributed by atoms with Gasteiger partial charge in [0, 0.05) is 39.5 Å². The van der Waals surface area contributed by atoms with Crippen LogP contribution in [0.5, 0.6) is 0 Å². The second kappa shape index (κ2) is 8.49. The fourth-order valence-electron chi connectivity index (χ4n) is 4.35. The minimum atomic E-state index is -0.396. The van der Waals surface area contributed by atoms with Crippen LogP contribution in [-0.2, 0) is 4.74 Å². The average molecular weight is 454 g/mol. The number of pyridine rings is 2. The fourth-order valence-corrected chi connectivity index (χ4v) is 4.35. The first-order chi connectivity index (χ1) is 16.0. The number of hydrogen-bond acceptors (Lipinski definition) is 9. The van der Waals surface area contributed by atoms with Crippen molar-refractivity contribution in [1.29, 1.82) is 0 Å². The summed E-state index contributed by atoms with van der Waals surface area (Å²) in [7, 11) is 5.40. The van der Waals surface area contributed by atoms with Crippen molar-refractivity contribution in [3.8, 4) is 0 Å². The summed E-state index contributed by atoms with van der Waals surface area (Å²) < 4.78 is 12.5. The third-order valence-electron chi connectivity index (χ3n) is 6.42. The predicted octanol–water partition coefficient (Wildman–Crippen LogP) is 1.56. The lowest BCUT2D eigenvalue weighted by Gasteiger charge is -2.37. The highest BCUT2D eigenvalue weighted by atomic mass is 16.5. The van der Waals surface area contributed by atoms with E-state index in [1.807, 2.05) is 13.1 Å². The van der Waals surface area contributed by atoms with Gasteiger partial charge in [0.05, 0.1) is 23.9 Å². The molecule has 3 aromatic heterocycles. The number of nitrogens with one attached hydrogen (secondary N) is 3. The van der Waals surface area contributed by atoms with E-state index in [2.05, 4.69) is 31.0 Å². The molecule has 0 aromatic carbocycles. The van der Waals surface area contributed by atoms with Gasteiger partial charge in [0.2, 0.25) is 5.76 Å². The Kier molecular flexibility index (Phi) is 5.51. The number of aromatic nitrogens is 3. The molecule has 11 heteroatoms. The molecule has 1 saturated carbocycles. The first-order valence-electron chi connectivity index (χ1n) is 11.0. The molecule has 11 nitrogen and oxygen atoms in total. The molecule has 1 saturated heterocycles. The number of carbonyl (C=O) groups excluding carboxylic acids is 1. The van der Waals surface area contributed by atoms with E-state index in [0.29, 0.717) is 28.2 Å². The third-order valence-corrected chi connectivity index (χ3v) is 6.42. The lowest BCUT2D eigenvalue weighted by molar-refractivity contribution is 0.00678. The number of amides is 1. The highest BCUT2D eigenvalue weighted by Crippen LogP contribution is 2.29. The molecule has 0 radical (unpaired) electrons. The number of rotatable bonds is 7. The van der Waals surface area contributed by atoms with E-state index >= 15 is 0 Å². The molecule has 2 atom stereocenters. The van der Waals surface area contributed by atoms with Crippen molar-refractivity contribution >= 4 is 34.1 Å². The Hall–Kier alpha value is -3.44. The van der Waals surface area contributed by atoms with Crippen LogP contribution in [0, 0.1) is 0 Å². The molecular weight excluding hydrogens is 426 g/mol. The van der Waals surface area contributed by atoms with E-state index in [4.69, 9.17) is 9.26 Å². The monoisotopic (exact) mass is 453 g/mol. The zero-order chi connectivity index (χ0) is 23.1. The van der Waals surface area contributed by atoms with Crippen molar-refractivity contribution in [2.75, 3.05) is 44.9 Å². The maximum atomic E-state index is 13.0. The first-order valence-corrected chi connectivity index (χ1v) is 11.0. The molecule has 4 heterocycles. The Labute approximate surface area is 190 Å². The van der Waals surface area contributed by atoms with Gasteiger partial charge < -0.3 is 34.7 Å². The van der Waals surface area contributed by atoms with Crippen LogP contribution in [0.15, 0.2) is 33.7 Å². The van der Waals surface area contributed by atoms with E-state index in [-0.39, 0.29) is 29.5 Å². The lowest BCUT2D eigenvalue weighted by Crippen LogP contribution is -2.51. The van der Waals surface area contributed by atoms with E-state index in [9.17, 15) is 9.59 Å². The van der Waals surface area contributed by atoms with Gasteiger partial charge in [0.1, 0.15) is 17.0 Å². The molecule has 0 spiro atoms. The van der Waals surface area contributed by atoms with Crippen molar-refractivity contribution in [3.63, 3.8) is 0 Å². The molecule has 0 bridgehead atoms. The zero-order valence-electron chi connectivity index (χ0n) is 18.8. The molecule has 1 aliphatic carbocycles. The summed E-state index contributed by atoms with van der Waals surface area (Å²) in [6, 6.07) is 5.37. The summed E-state index contributed by atoms with van der Waals surface area (Å²) in [4.78, 5) is 32.6. The molecule has 33 heavy (non-hydrogen) atoms. The van der Waals surface area contributed by atoms with Crippen molar-refractivity contribution < 1.29 is 14.1 Å². The number of methoxy groups -OCH3 is 1. The average Bonchev–Trinajstić information content (AvgIpc) is 3.20. The van der Waals surface area contributed by atoms with Crippen LogP contribution in [-0.4, -0.2) is 72.0 Å². The Bertz CT molecular complexity index is 1250. The van der Waals surface area contributed by atoms with Crippen LogP contribution in [0.3, 0.4) is 0 Å². The highest BCUT2D eigenvalue weighted by molar-refractivity contribution is 6.05. The summed E-state index contributed by atoms with van der Waals surface area (Å²) in [5, 5.41) is 13.1. The molecule has 2 aliphatic rings. The van der Waals surface area contributed by atoms with E-state index in [0.717, 1.165) is 25.9 Å². The lowest BCUT2D eigenvalue weighted by atomic mass is 9.89. The van der Waals surface area contributed by atoms with Crippen LogP contribution in [0.1, 0.15) is 29.4 Å². The summed E-state index contributed by atoms with van der Waals surface area (Å²) in [6.07, 6.45) is 3.55. The molecule has 1 amide bonds. The standard InChI is InChI=1S/C22H27N7O4/c1-23-15-9-17(24-14-5-4-8-29(22(14)31)12-10-28(2)11-12)26-19-18(15)27-33-20(19)21(30)25-13-6-7-16(13)32-3/h4-5,8-9,12-13,16,23H,6-7,10-11H2,1-3H3,(H,24,26)(H,25,30)/t13-,16-/m1/s1. The number of likely N-dealkylation sites (N-methyl/N-ethyl adjacent to an activating group) is 1. The topological polar surface area (TPSA) is 127 Å². The number of ether oxygens (including phenoxy) is 1. The van der Waals surface area contributed by atoms with Crippen LogP contribution in [0.4, 0.5) is 17.2 Å². The maximum Gasteiger partial charge on any atom is 0.292 e. The molecule has 0 unspecified atom stereocenters. The normalized spacial score (nSPS) is 20.8. The predicted molar refractivity (Wildman–Crippen MR) is 123 cm³/mol. The quantitative estimate of drug-likeness (QED) is 0.488. The van der Waals surface area contributed by atoms with Gasteiger partial charge in [-0.25, -0.2) is 4.98 Å². The number of carbonyl (C=O) groups is 1. The Morgan fingerprint density at radius 3 is 2.73 bits per heavy atom. The van der Waals surface area contributed by atoms with Gasteiger partial charge in [0.15, 0.2) is 5.52 Å². The minimum absolute atomic E-state index is 0.00287. The van der Waals surface area contributed by atoms with Crippen molar-refractivity contribution in [2.24, 2.45) is 0 Å². The number of hydrogen-bond donors (Lipinski definition) is 3. The minimum Gasteiger partial charge on any atom is -0.386 e. The zero-order valence-corrected chi connectivity index (χ0v) is 18.8. The second-order valence-corrected chi connectivity index (χ2v) is 8.58. The van der Waals surface area contributed by atoms with E-state index < -0.39 is 5.91 Å². The number of anilines is 3. The van der Waals surface area contributed by atoms with Crippen LogP contribution < -0.4 is 21.5 Å². The van der Waals surface area contributed by atoms with Crippen molar-refractivity contribution in [1.82, 2.24) is 24.9 Å². The van der Waals surface area contributed by atoms with E-state index in [1.54, 1.807) is 37.1 Å². The third kappa shape index (κ3) is 3.83. The Morgan fingerprint density at radius 1 is 1.24 bits per heavy atom. The number of nitrogens with zero attached hydrogens (tertiary/aromatic N) is 4. The molecule has 2 fully saturated rings. The van der Waals surface area contributed by atoms with Crippen LogP contribution >= 0.6 is 0 Å². The van der Waals surface area contributed by atoms with Crippen LogP contribution in [0.25, 0.3) is 11.0 Å². The van der Waals surface area contributed by atoms with Gasteiger partial charge in [0.25, 0.3) is 11.5 Å². The molecule has 3 aromatic rings. The molecular formula is C22H27N7O4. The first kappa shape index (κ1) is 21.4. The summed E-state index contributed by atoms with van der Waals surface area (Å²) >= 11 is 0. The summed E-state index contributed by atoms with van der Waals surface area (Å²) in [6.45, 7) is 1.67. The fraction of sp³-hybridized carbons (Fsp3) is 0.455. The molecule has 3 N–H and O–H groups in total. The van der Waals surface area contributed by atoms with Crippen LogP contribution in [0.2, 0.25) is 0 Å². The van der Waals surface area contributed by atoms with Crippen molar-refractivity contribution in [3.05, 3.63) is 40.5 Å². The Balaban J connectivity index is 1.45. The van der Waals surface area contributed by atoms with E-state index in [1.165, 1.54) is 0 Å². The van der Waals surface area contributed by atoms with Gasteiger partial charge in [-0.05, 0) is 32.0 Å². The van der Waals surface area contributed by atoms with Crippen molar-refractivity contribution in [2.45, 2.75) is 31.0 Å². The number of likely N-dealkylation sites (tertiary alicyclic amines) is 1. The van der Waals surface area contributed by atoms with Gasteiger partial charge in [-0.15, -0.1) is 0 Å². The SMILES string of the molecule is CNc1cc(Nc2cccn(C3CN(C)C3)c2=O)nc2c(C(=O)N[C@@H]3CC[C@H]3OC)onc12. The summed E-state index contributed by atoms with van der Waals surface area (Å²) in [5.41, 5.74) is 1.66. The maximum absolute atomic E-state index is 13.0. The molecule has 174 valence electrons. The van der Waals surface area contributed by atoms with Gasteiger partial charge >= 0.3 is 0 Å². The smallest absolute Gasteiger partial charge is 0.292 e. The second-order valence-electron chi connectivity index (χ2n) is 8.58. The van der Waals surface area contributed by atoms with Gasteiger partial charge in [-0.3, -0.25) is 9.59 Å². The molecule has 1 aliphatic heterocycles. The highest BCUT2D eigenvalue weighted by Gasteiger charge is 2.34. The largest absolute Gasteiger partial charge is 0.386 e. The van der Waals surface area contributed by atoms with Gasteiger partial charge in [-0.2, -0.15) is 0 Å². The Morgan fingerprint density at radius 2 is 2.06 bits per heavy atom. The molecule has 5 rings (SSSR count). The number of fused-ring (bicyclic) bond motifs is 1. The summed E-state index contributed by atoms with van der Waals surface area (Å²) in [5.74, 6) is 0.0325. The van der Waals surface area contributed by atoms with Gasteiger partial charge in [-0.1, -0.05) is 5.16 Å².